The lowest BCUT2D eigenvalue weighted by Crippen LogP contribution is -2.25. The average molecular weight is 248 g/mol. The van der Waals surface area contributed by atoms with Gasteiger partial charge in [0.2, 0.25) is 0 Å². The number of hydrogen-bond donors (Lipinski definition) is 1. The molecule has 1 aromatic rings. The van der Waals surface area contributed by atoms with E-state index in [4.69, 9.17) is 9.15 Å². The molecular weight excluding hydrogens is 234 g/mol. The van der Waals surface area contributed by atoms with E-state index in [0.29, 0.717) is 0 Å². The molecule has 1 rings (SSSR count). The number of ether oxygens (including phenoxy) is 1. The summed E-state index contributed by atoms with van der Waals surface area (Å²) < 4.78 is 11.2. The molecular formula is C9H14BrNO2. The molecule has 0 saturated heterocycles. The van der Waals surface area contributed by atoms with Crippen LogP contribution in [0.15, 0.2) is 21.2 Å². The van der Waals surface area contributed by atoms with Crippen LogP contribution in [-0.4, -0.2) is 19.8 Å². The second-order valence-electron chi connectivity index (χ2n) is 2.88. The van der Waals surface area contributed by atoms with E-state index >= 15 is 0 Å². The van der Waals surface area contributed by atoms with Gasteiger partial charge in [0.15, 0.2) is 4.67 Å². The molecule has 1 atom stereocenters. The lowest BCUT2D eigenvalue weighted by Gasteiger charge is -2.09. The van der Waals surface area contributed by atoms with Crippen LogP contribution < -0.4 is 5.32 Å². The van der Waals surface area contributed by atoms with E-state index < -0.39 is 0 Å². The van der Waals surface area contributed by atoms with Crippen LogP contribution in [0, 0.1) is 0 Å². The van der Waals surface area contributed by atoms with Crippen molar-refractivity contribution in [2.45, 2.75) is 19.6 Å². The Morgan fingerprint density at radius 2 is 2.38 bits per heavy atom. The summed E-state index contributed by atoms with van der Waals surface area (Å²) in [6.07, 6.45) is 0.235. The zero-order valence-corrected chi connectivity index (χ0v) is 9.43. The van der Waals surface area contributed by atoms with Crippen LogP contribution in [-0.2, 0) is 11.3 Å². The molecule has 0 aliphatic rings. The van der Waals surface area contributed by atoms with Gasteiger partial charge in [-0.05, 0) is 35.0 Å². The van der Waals surface area contributed by atoms with Gasteiger partial charge in [0.1, 0.15) is 5.76 Å². The molecule has 0 aromatic carbocycles. The van der Waals surface area contributed by atoms with Crippen LogP contribution in [0.25, 0.3) is 0 Å². The van der Waals surface area contributed by atoms with E-state index in [1.807, 2.05) is 19.1 Å². The largest absolute Gasteiger partial charge is 0.453 e. The molecule has 0 bridgehead atoms. The van der Waals surface area contributed by atoms with Crippen molar-refractivity contribution in [2.75, 3.05) is 13.7 Å². The highest BCUT2D eigenvalue weighted by atomic mass is 79.9. The number of hydrogen-bond acceptors (Lipinski definition) is 3. The second-order valence-corrected chi connectivity index (χ2v) is 3.66. The van der Waals surface area contributed by atoms with E-state index in [1.165, 1.54) is 0 Å². The summed E-state index contributed by atoms with van der Waals surface area (Å²) in [5.41, 5.74) is 0. The molecule has 13 heavy (non-hydrogen) atoms. The minimum Gasteiger partial charge on any atom is -0.453 e. The van der Waals surface area contributed by atoms with Crippen LogP contribution in [0.3, 0.4) is 0 Å². The van der Waals surface area contributed by atoms with Gasteiger partial charge >= 0.3 is 0 Å². The molecule has 0 aliphatic heterocycles. The summed E-state index contributed by atoms with van der Waals surface area (Å²) in [6, 6.07) is 3.82. The normalized spacial score (nSPS) is 13.2. The molecule has 1 aromatic heterocycles. The fraction of sp³-hybridized carbons (Fsp3) is 0.556. The Morgan fingerprint density at radius 1 is 1.62 bits per heavy atom. The quantitative estimate of drug-likeness (QED) is 0.867. The highest BCUT2D eigenvalue weighted by Crippen LogP contribution is 2.13. The van der Waals surface area contributed by atoms with E-state index in [-0.39, 0.29) is 6.10 Å². The van der Waals surface area contributed by atoms with Crippen molar-refractivity contribution < 1.29 is 9.15 Å². The van der Waals surface area contributed by atoms with Gasteiger partial charge in [0.05, 0.1) is 12.6 Å². The predicted octanol–water partition coefficient (Wildman–Crippen LogP) is 2.17. The van der Waals surface area contributed by atoms with Crippen LogP contribution in [0.5, 0.6) is 0 Å². The number of nitrogens with one attached hydrogen (secondary N) is 1. The first-order chi connectivity index (χ1) is 6.22. The zero-order chi connectivity index (χ0) is 9.68. The van der Waals surface area contributed by atoms with Crippen molar-refractivity contribution >= 4 is 15.9 Å². The minimum absolute atomic E-state index is 0.235. The number of methoxy groups -OCH3 is 1. The van der Waals surface area contributed by atoms with Crippen molar-refractivity contribution in [3.8, 4) is 0 Å². The van der Waals surface area contributed by atoms with Crippen LogP contribution in [0.2, 0.25) is 0 Å². The summed E-state index contributed by atoms with van der Waals surface area (Å²) in [5.74, 6) is 0.926. The summed E-state index contributed by atoms with van der Waals surface area (Å²) >= 11 is 3.25. The van der Waals surface area contributed by atoms with Gasteiger partial charge in [-0.3, -0.25) is 0 Å². The van der Waals surface area contributed by atoms with E-state index in [2.05, 4.69) is 21.2 Å². The second kappa shape index (κ2) is 5.42. The highest BCUT2D eigenvalue weighted by Gasteiger charge is 2.01. The molecule has 1 N–H and O–H groups in total. The van der Waals surface area contributed by atoms with Crippen molar-refractivity contribution in [1.82, 2.24) is 5.32 Å². The molecule has 0 fully saturated rings. The Bertz CT molecular complexity index is 250. The third-order valence-corrected chi connectivity index (χ3v) is 2.19. The SMILES string of the molecule is COC(C)CNCc1ccc(Br)o1. The van der Waals surface area contributed by atoms with Crippen molar-refractivity contribution in [2.24, 2.45) is 0 Å². The summed E-state index contributed by atoms with van der Waals surface area (Å²) in [6.45, 7) is 3.58. The Morgan fingerprint density at radius 3 is 2.92 bits per heavy atom. The van der Waals surface area contributed by atoms with E-state index in [1.54, 1.807) is 7.11 Å². The Labute approximate surface area is 86.6 Å². The molecule has 0 saturated carbocycles. The third-order valence-electron chi connectivity index (χ3n) is 1.76. The molecule has 0 aliphatic carbocycles. The van der Waals surface area contributed by atoms with Gasteiger partial charge in [0.25, 0.3) is 0 Å². The van der Waals surface area contributed by atoms with Crippen LogP contribution >= 0.6 is 15.9 Å². The maximum absolute atomic E-state index is 5.31. The maximum atomic E-state index is 5.31. The first-order valence-corrected chi connectivity index (χ1v) is 4.99. The maximum Gasteiger partial charge on any atom is 0.169 e. The van der Waals surface area contributed by atoms with E-state index in [9.17, 15) is 0 Å². The van der Waals surface area contributed by atoms with Crippen LogP contribution in [0.1, 0.15) is 12.7 Å². The summed E-state index contributed by atoms with van der Waals surface area (Å²) in [4.78, 5) is 0. The summed E-state index contributed by atoms with van der Waals surface area (Å²) in [5, 5.41) is 3.23. The first kappa shape index (κ1) is 10.8. The molecule has 4 heteroatoms. The van der Waals surface area contributed by atoms with Crippen molar-refractivity contribution in [3.05, 3.63) is 22.6 Å². The Balaban J connectivity index is 2.20. The Kier molecular flexibility index (Phi) is 4.48. The van der Waals surface area contributed by atoms with Gasteiger partial charge in [-0.25, -0.2) is 0 Å². The fourth-order valence-electron chi connectivity index (χ4n) is 0.929. The smallest absolute Gasteiger partial charge is 0.169 e. The lowest BCUT2D eigenvalue weighted by atomic mass is 10.4. The first-order valence-electron chi connectivity index (χ1n) is 4.20. The van der Waals surface area contributed by atoms with Crippen LogP contribution in [0.4, 0.5) is 0 Å². The zero-order valence-electron chi connectivity index (χ0n) is 7.84. The van der Waals surface area contributed by atoms with Gasteiger partial charge in [-0.1, -0.05) is 0 Å². The van der Waals surface area contributed by atoms with Crippen molar-refractivity contribution in [1.29, 1.82) is 0 Å². The molecule has 3 nitrogen and oxygen atoms in total. The topological polar surface area (TPSA) is 34.4 Å². The fourth-order valence-corrected chi connectivity index (χ4v) is 1.27. The molecule has 1 unspecified atom stereocenters. The Hall–Kier alpha value is -0.320. The predicted molar refractivity (Wildman–Crippen MR) is 54.6 cm³/mol. The number of halogens is 1. The molecule has 0 amide bonds. The van der Waals surface area contributed by atoms with Gasteiger partial charge in [-0.15, -0.1) is 0 Å². The monoisotopic (exact) mass is 247 g/mol. The minimum atomic E-state index is 0.235. The number of rotatable bonds is 5. The van der Waals surface area contributed by atoms with Gasteiger partial charge < -0.3 is 14.5 Å². The standard InChI is InChI=1S/C9H14BrNO2/c1-7(12-2)5-11-6-8-3-4-9(10)13-8/h3-4,7,11H,5-6H2,1-2H3. The number of furan rings is 1. The highest BCUT2D eigenvalue weighted by molar-refractivity contribution is 9.10. The van der Waals surface area contributed by atoms with E-state index in [0.717, 1.165) is 23.5 Å². The summed E-state index contributed by atoms with van der Waals surface area (Å²) in [7, 11) is 1.70. The van der Waals surface area contributed by atoms with Gasteiger partial charge in [0, 0.05) is 13.7 Å². The molecule has 0 radical (unpaired) electrons. The van der Waals surface area contributed by atoms with Gasteiger partial charge in [-0.2, -0.15) is 0 Å². The molecule has 1 heterocycles. The molecule has 74 valence electrons. The third kappa shape index (κ3) is 3.93. The van der Waals surface area contributed by atoms with Crippen molar-refractivity contribution in [3.63, 3.8) is 0 Å². The lowest BCUT2D eigenvalue weighted by molar-refractivity contribution is 0.116. The average Bonchev–Trinajstić information content (AvgIpc) is 2.51. The molecule has 0 spiro atoms.